The Morgan fingerprint density at radius 3 is 2.50 bits per heavy atom. The van der Waals surface area contributed by atoms with Gasteiger partial charge in [-0.1, -0.05) is 0 Å². The third kappa shape index (κ3) is 1.77. The van der Waals surface area contributed by atoms with E-state index >= 15 is 0 Å². The molecule has 2 heterocycles. The van der Waals surface area contributed by atoms with E-state index in [0.717, 1.165) is 11.3 Å². The van der Waals surface area contributed by atoms with Crippen LogP contribution in [0.25, 0.3) is 11.3 Å². The van der Waals surface area contributed by atoms with Crippen LogP contribution in [0, 0.1) is 10.5 Å². The van der Waals surface area contributed by atoms with E-state index in [1.807, 2.05) is 24.4 Å². The van der Waals surface area contributed by atoms with Gasteiger partial charge in [-0.05, 0) is 53.3 Å². The first kappa shape index (κ1) is 9.58. The van der Waals surface area contributed by atoms with Gasteiger partial charge >= 0.3 is 0 Å². The van der Waals surface area contributed by atoms with Gasteiger partial charge in [-0.25, -0.2) is 0 Å². The summed E-state index contributed by atoms with van der Waals surface area (Å²) in [4.78, 5) is 8.37. The number of rotatable bonds is 1. The maximum Gasteiger partial charge on any atom is 0.0839 e. The second-order valence-corrected chi connectivity index (χ2v) is 4.11. The fourth-order valence-electron chi connectivity index (χ4n) is 1.25. The van der Waals surface area contributed by atoms with Gasteiger partial charge in [0, 0.05) is 27.7 Å². The number of hydrogen-bond donors (Lipinski definition) is 0. The summed E-state index contributed by atoms with van der Waals surface area (Å²) in [5.41, 5.74) is 3.41. The Balaban J connectivity index is 2.58. The fourth-order valence-corrected chi connectivity index (χ4v) is 1.88. The highest BCUT2D eigenvalue weighted by Gasteiger charge is 2.05. The normalized spacial score (nSPS) is 10.1. The highest BCUT2D eigenvalue weighted by atomic mass is 127. The summed E-state index contributed by atoms with van der Waals surface area (Å²) >= 11 is 2.33. The third-order valence-electron chi connectivity index (χ3n) is 2.04. The molecule has 2 nitrogen and oxygen atoms in total. The minimum absolute atomic E-state index is 1.04. The third-order valence-corrected chi connectivity index (χ3v) is 3.40. The molecule has 3 heteroatoms. The zero-order valence-corrected chi connectivity index (χ0v) is 9.89. The summed E-state index contributed by atoms with van der Waals surface area (Å²) in [7, 11) is 0. The first-order chi connectivity index (χ1) is 6.79. The van der Waals surface area contributed by atoms with E-state index in [4.69, 9.17) is 0 Å². The van der Waals surface area contributed by atoms with E-state index in [9.17, 15) is 0 Å². The molecule has 0 spiro atoms. The summed E-state index contributed by atoms with van der Waals surface area (Å²) in [6.45, 7) is 2.09. The van der Waals surface area contributed by atoms with Crippen LogP contribution in [0.2, 0.25) is 0 Å². The van der Waals surface area contributed by atoms with Crippen molar-refractivity contribution in [2.24, 2.45) is 0 Å². The van der Waals surface area contributed by atoms with E-state index in [-0.39, 0.29) is 0 Å². The van der Waals surface area contributed by atoms with Gasteiger partial charge in [-0.2, -0.15) is 0 Å². The van der Waals surface area contributed by atoms with Crippen molar-refractivity contribution in [3.05, 3.63) is 45.9 Å². The Bertz CT molecular complexity index is 440. The second-order valence-electron chi connectivity index (χ2n) is 3.03. The van der Waals surface area contributed by atoms with Crippen LogP contribution in [0.4, 0.5) is 0 Å². The number of pyridine rings is 2. The molecule has 0 aliphatic rings. The molecular weight excluding hydrogens is 287 g/mol. The van der Waals surface area contributed by atoms with Gasteiger partial charge in [0.1, 0.15) is 0 Å². The quantitative estimate of drug-likeness (QED) is 0.756. The van der Waals surface area contributed by atoms with Crippen LogP contribution in [0.15, 0.2) is 36.8 Å². The van der Waals surface area contributed by atoms with Crippen LogP contribution in [-0.4, -0.2) is 9.97 Å². The molecule has 0 aromatic carbocycles. The van der Waals surface area contributed by atoms with Crippen molar-refractivity contribution in [2.75, 3.05) is 0 Å². The number of aromatic nitrogens is 2. The minimum Gasteiger partial charge on any atom is -0.265 e. The van der Waals surface area contributed by atoms with Crippen molar-refractivity contribution in [2.45, 2.75) is 6.92 Å². The highest BCUT2D eigenvalue weighted by molar-refractivity contribution is 14.1. The molecule has 0 unspecified atom stereocenters. The summed E-state index contributed by atoms with van der Waals surface area (Å²) in [5.74, 6) is 0. The van der Waals surface area contributed by atoms with Crippen molar-refractivity contribution in [1.82, 2.24) is 9.97 Å². The van der Waals surface area contributed by atoms with Crippen molar-refractivity contribution in [3.63, 3.8) is 0 Å². The lowest BCUT2D eigenvalue weighted by molar-refractivity contribution is 1.24. The van der Waals surface area contributed by atoms with Crippen LogP contribution in [0.5, 0.6) is 0 Å². The van der Waals surface area contributed by atoms with Crippen molar-refractivity contribution in [1.29, 1.82) is 0 Å². The van der Waals surface area contributed by atoms with Gasteiger partial charge in [-0.3, -0.25) is 9.97 Å². The number of aryl methyl sites for hydroxylation is 1. The largest absolute Gasteiger partial charge is 0.265 e. The van der Waals surface area contributed by atoms with Gasteiger partial charge in [0.25, 0.3) is 0 Å². The number of hydrogen-bond acceptors (Lipinski definition) is 2. The molecule has 0 radical (unpaired) electrons. The average Bonchev–Trinajstić information content (AvgIpc) is 2.23. The van der Waals surface area contributed by atoms with Gasteiger partial charge in [0.2, 0.25) is 0 Å². The fraction of sp³-hybridized carbons (Fsp3) is 0.0909. The maximum absolute atomic E-state index is 4.37. The van der Waals surface area contributed by atoms with Gasteiger partial charge < -0.3 is 0 Å². The van der Waals surface area contributed by atoms with Crippen molar-refractivity contribution < 1.29 is 0 Å². The lowest BCUT2D eigenvalue weighted by Gasteiger charge is -2.05. The average molecular weight is 296 g/mol. The zero-order chi connectivity index (χ0) is 9.97. The molecule has 2 aromatic heterocycles. The maximum atomic E-state index is 4.37. The van der Waals surface area contributed by atoms with Crippen molar-refractivity contribution in [3.8, 4) is 11.3 Å². The van der Waals surface area contributed by atoms with E-state index in [1.165, 1.54) is 9.13 Å². The first-order valence-electron chi connectivity index (χ1n) is 4.30. The Morgan fingerprint density at radius 1 is 1.07 bits per heavy atom. The van der Waals surface area contributed by atoms with E-state index in [2.05, 4.69) is 39.5 Å². The Kier molecular flexibility index (Phi) is 2.77. The topological polar surface area (TPSA) is 25.8 Å². The molecule has 0 amide bonds. The molecule has 0 N–H and O–H groups in total. The summed E-state index contributed by atoms with van der Waals surface area (Å²) < 4.78 is 1.20. The number of nitrogens with zero attached hydrogens (tertiary/aromatic N) is 2. The molecule has 0 fully saturated rings. The molecule has 2 rings (SSSR count). The summed E-state index contributed by atoms with van der Waals surface area (Å²) in [6, 6.07) is 5.97. The highest BCUT2D eigenvalue weighted by Crippen LogP contribution is 2.24. The lowest BCUT2D eigenvalue weighted by Crippen LogP contribution is -1.90. The molecular formula is C11H9IN2. The monoisotopic (exact) mass is 296 g/mol. The zero-order valence-electron chi connectivity index (χ0n) is 7.74. The molecule has 0 bridgehead atoms. The molecule has 14 heavy (non-hydrogen) atoms. The molecule has 0 saturated carbocycles. The van der Waals surface area contributed by atoms with Gasteiger partial charge in [-0.15, -0.1) is 0 Å². The molecule has 0 aliphatic heterocycles. The Labute approximate surface area is 96.6 Å². The second kappa shape index (κ2) is 4.04. The number of halogens is 1. The Morgan fingerprint density at radius 2 is 1.79 bits per heavy atom. The standard InChI is InChI=1S/C11H9IN2/c1-8-2-7-14-11(10(8)12)9-3-5-13-6-4-9/h2-7H,1H3. The van der Waals surface area contributed by atoms with Crippen LogP contribution < -0.4 is 0 Å². The van der Waals surface area contributed by atoms with E-state index in [0.29, 0.717) is 0 Å². The molecule has 0 aliphatic carbocycles. The van der Waals surface area contributed by atoms with Crippen LogP contribution in [0.1, 0.15) is 5.56 Å². The van der Waals surface area contributed by atoms with Crippen LogP contribution >= 0.6 is 22.6 Å². The van der Waals surface area contributed by atoms with E-state index in [1.54, 1.807) is 12.4 Å². The minimum atomic E-state index is 1.04. The van der Waals surface area contributed by atoms with Crippen LogP contribution in [-0.2, 0) is 0 Å². The predicted octanol–water partition coefficient (Wildman–Crippen LogP) is 3.06. The molecule has 0 saturated heterocycles. The summed E-state index contributed by atoms with van der Waals surface area (Å²) in [5, 5.41) is 0. The molecule has 0 atom stereocenters. The van der Waals surface area contributed by atoms with Gasteiger partial charge in [0.15, 0.2) is 0 Å². The van der Waals surface area contributed by atoms with Gasteiger partial charge in [0.05, 0.1) is 5.69 Å². The van der Waals surface area contributed by atoms with Crippen molar-refractivity contribution >= 4 is 22.6 Å². The lowest BCUT2D eigenvalue weighted by atomic mass is 10.1. The molecule has 70 valence electrons. The van der Waals surface area contributed by atoms with E-state index < -0.39 is 0 Å². The molecule has 2 aromatic rings. The summed E-state index contributed by atoms with van der Waals surface area (Å²) in [6.07, 6.45) is 5.41. The smallest absolute Gasteiger partial charge is 0.0839 e. The van der Waals surface area contributed by atoms with Crippen LogP contribution in [0.3, 0.4) is 0 Å². The SMILES string of the molecule is Cc1ccnc(-c2ccncc2)c1I. The first-order valence-corrected chi connectivity index (χ1v) is 5.38. The Hall–Kier alpha value is -0.970. The predicted molar refractivity (Wildman–Crippen MR) is 64.9 cm³/mol.